The van der Waals surface area contributed by atoms with Crippen LogP contribution < -0.4 is 5.32 Å². The van der Waals surface area contributed by atoms with Gasteiger partial charge in [0.25, 0.3) is 5.91 Å². The van der Waals surface area contributed by atoms with Gasteiger partial charge in [-0.05, 0) is 56.7 Å². The lowest BCUT2D eigenvalue weighted by Gasteiger charge is -2.43. The lowest BCUT2D eigenvalue weighted by atomic mass is 9.82. The number of fused-ring (bicyclic) bond motifs is 2. The van der Waals surface area contributed by atoms with Crippen LogP contribution in [0.4, 0.5) is 0 Å². The van der Waals surface area contributed by atoms with Gasteiger partial charge in [0, 0.05) is 25.2 Å². The van der Waals surface area contributed by atoms with Gasteiger partial charge >= 0.3 is 0 Å². The Labute approximate surface area is 170 Å². The number of methoxy groups -OCH3 is 1. The van der Waals surface area contributed by atoms with Crippen molar-refractivity contribution in [3.8, 4) is 0 Å². The number of carbonyl (C=O) groups excluding carboxylic acids is 2. The van der Waals surface area contributed by atoms with E-state index in [2.05, 4.69) is 5.32 Å². The first-order chi connectivity index (χ1) is 13.2. The molecule has 1 aliphatic heterocycles. The Bertz CT molecular complexity index is 778. The number of carbonyl (C=O) groups is 2. The highest BCUT2D eigenvalue weighted by Gasteiger charge is 2.58. The average Bonchev–Trinajstić information content (AvgIpc) is 3.22. The molecule has 1 atom stereocenters. The van der Waals surface area contributed by atoms with Crippen LogP contribution in [0.3, 0.4) is 0 Å². The lowest BCUT2D eigenvalue weighted by molar-refractivity contribution is -0.157. The van der Waals surface area contributed by atoms with E-state index in [0.29, 0.717) is 23.7 Å². The zero-order chi connectivity index (χ0) is 20.2. The lowest BCUT2D eigenvalue weighted by Crippen LogP contribution is -2.65. The van der Waals surface area contributed by atoms with Crippen LogP contribution in [0.25, 0.3) is 0 Å². The molecule has 0 aromatic heterocycles. The first-order valence-electron chi connectivity index (χ1n) is 9.84. The van der Waals surface area contributed by atoms with Crippen LogP contribution in [0.15, 0.2) is 24.3 Å². The van der Waals surface area contributed by atoms with Gasteiger partial charge < -0.3 is 20.1 Å². The molecular weight excluding hydrogens is 380 g/mol. The molecule has 7 heteroatoms. The molecule has 0 radical (unpaired) electrons. The van der Waals surface area contributed by atoms with Crippen molar-refractivity contribution in [3.05, 3.63) is 34.9 Å². The number of hydrogen-bond donors (Lipinski definition) is 2. The van der Waals surface area contributed by atoms with Gasteiger partial charge in [-0.1, -0.05) is 23.7 Å². The summed E-state index contributed by atoms with van der Waals surface area (Å²) < 4.78 is 5.68. The number of nitrogens with one attached hydrogen (secondary N) is 1. The van der Waals surface area contributed by atoms with Crippen LogP contribution in [0, 0.1) is 5.41 Å². The fourth-order valence-corrected chi connectivity index (χ4v) is 5.14. The van der Waals surface area contributed by atoms with Crippen molar-refractivity contribution in [3.63, 3.8) is 0 Å². The van der Waals surface area contributed by atoms with E-state index in [-0.39, 0.29) is 28.9 Å². The molecule has 4 rings (SSSR count). The fraction of sp³-hybridized carbons (Fsp3) is 0.619. The van der Waals surface area contributed by atoms with Crippen molar-refractivity contribution < 1.29 is 19.4 Å². The summed E-state index contributed by atoms with van der Waals surface area (Å²) in [4.78, 5) is 27.2. The van der Waals surface area contributed by atoms with E-state index in [4.69, 9.17) is 16.3 Å². The van der Waals surface area contributed by atoms with Gasteiger partial charge in [-0.2, -0.15) is 0 Å². The van der Waals surface area contributed by atoms with Crippen molar-refractivity contribution in [2.45, 2.75) is 56.3 Å². The minimum absolute atomic E-state index is 0.0648. The largest absolute Gasteiger partial charge is 0.378 e. The summed E-state index contributed by atoms with van der Waals surface area (Å²) in [5, 5.41) is 14.4. The smallest absolute Gasteiger partial charge is 0.259 e. The van der Waals surface area contributed by atoms with E-state index in [9.17, 15) is 14.7 Å². The number of likely N-dealkylation sites (tertiary alicyclic amines) is 1. The summed E-state index contributed by atoms with van der Waals surface area (Å²) >= 11 is 5.88. The molecule has 6 nitrogen and oxygen atoms in total. The molecule has 2 aliphatic carbocycles. The number of ether oxygens (including phenoxy) is 1. The minimum atomic E-state index is -1.62. The van der Waals surface area contributed by atoms with Crippen LogP contribution in [0.5, 0.6) is 0 Å². The van der Waals surface area contributed by atoms with E-state index >= 15 is 0 Å². The second kappa shape index (κ2) is 6.71. The first kappa shape index (κ1) is 19.7. The monoisotopic (exact) mass is 406 g/mol. The predicted molar refractivity (Wildman–Crippen MR) is 105 cm³/mol. The molecule has 3 fully saturated rings. The van der Waals surface area contributed by atoms with Crippen molar-refractivity contribution in [2.75, 3.05) is 20.2 Å². The number of hydrogen-bond acceptors (Lipinski definition) is 4. The number of halogens is 1. The first-order valence-corrected chi connectivity index (χ1v) is 10.2. The maximum absolute atomic E-state index is 12.9. The second-order valence-corrected chi connectivity index (χ2v) is 9.24. The molecule has 2 saturated carbocycles. The van der Waals surface area contributed by atoms with Gasteiger partial charge in [-0.15, -0.1) is 0 Å². The van der Waals surface area contributed by atoms with E-state index in [1.807, 2.05) is 0 Å². The third-order valence-corrected chi connectivity index (χ3v) is 7.27. The highest BCUT2D eigenvalue weighted by Crippen LogP contribution is 2.58. The fourth-order valence-electron chi connectivity index (χ4n) is 5.02. The van der Waals surface area contributed by atoms with Crippen LogP contribution >= 0.6 is 11.6 Å². The minimum Gasteiger partial charge on any atom is -0.378 e. The van der Waals surface area contributed by atoms with Crippen LogP contribution in [0.1, 0.15) is 44.6 Å². The van der Waals surface area contributed by atoms with Gasteiger partial charge in [0.05, 0.1) is 17.1 Å². The topological polar surface area (TPSA) is 78.9 Å². The van der Waals surface area contributed by atoms with Crippen molar-refractivity contribution >= 4 is 23.4 Å². The number of nitrogens with zero attached hydrogens (tertiary/aromatic N) is 1. The SMILES string of the molecule is COC12CCC(C(=O)NC3CN(C(=O)C(C)(O)c4ccc(Cl)cc4)C3)(CC1)C2. The highest BCUT2D eigenvalue weighted by molar-refractivity contribution is 6.30. The number of aliphatic hydroxyl groups is 1. The standard InChI is InChI=1S/C21H27ClN2O4/c1-19(27,14-3-5-15(22)6-4-14)18(26)24-11-16(12-24)23-17(25)20-7-9-21(13-20,28-2)10-8-20/h3-6,16,27H,7-13H2,1-2H3,(H,23,25). The Morgan fingerprint density at radius 2 is 1.82 bits per heavy atom. The molecule has 3 aliphatic rings. The summed E-state index contributed by atoms with van der Waals surface area (Å²) in [5.41, 5.74) is -1.54. The molecule has 28 heavy (non-hydrogen) atoms. The number of rotatable bonds is 5. The maximum Gasteiger partial charge on any atom is 0.259 e. The van der Waals surface area contributed by atoms with Gasteiger partial charge in [0.2, 0.25) is 5.91 Å². The van der Waals surface area contributed by atoms with Crippen LogP contribution in [-0.4, -0.2) is 53.7 Å². The third-order valence-electron chi connectivity index (χ3n) is 7.02. The number of amides is 2. The van der Waals surface area contributed by atoms with E-state index < -0.39 is 5.60 Å². The van der Waals surface area contributed by atoms with E-state index in [1.165, 1.54) is 6.92 Å². The summed E-state index contributed by atoms with van der Waals surface area (Å²) in [6, 6.07) is 6.55. The Morgan fingerprint density at radius 1 is 1.21 bits per heavy atom. The van der Waals surface area contributed by atoms with Gasteiger partial charge in [0.15, 0.2) is 5.60 Å². The Hall–Kier alpha value is -1.63. The Balaban J connectivity index is 1.33. The third kappa shape index (κ3) is 3.11. The number of benzene rings is 1. The summed E-state index contributed by atoms with van der Waals surface area (Å²) in [6.07, 6.45) is 4.41. The molecule has 1 saturated heterocycles. The van der Waals surface area contributed by atoms with Crippen LogP contribution in [0.2, 0.25) is 5.02 Å². The Morgan fingerprint density at radius 3 is 2.36 bits per heavy atom. The summed E-state index contributed by atoms with van der Waals surface area (Å²) in [6.45, 7) is 2.32. The molecular formula is C21H27ClN2O4. The normalized spacial score (nSPS) is 31.4. The van der Waals surface area contributed by atoms with Crippen molar-refractivity contribution in [1.29, 1.82) is 0 Å². The molecule has 2 N–H and O–H groups in total. The molecule has 1 aromatic rings. The molecule has 1 unspecified atom stereocenters. The average molecular weight is 407 g/mol. The summed E-state index contributed by atoms with van der Waals surface area (Å²) in [7, 11) is 1.74. The molecule has 2 bridgehead atoms. The predicted octanol–water partition coefficient (Wildman–Crippen LogP) is 2.22. The van der Waals surface area contributed by atoms with E-state index in [0.717, 1.165) is 32.1 Å². The molecule has 152 valence electrons. The summed E-state index contributed by atoms with van der Waals surface area (Å²) in [5.74, 6) is -0.274. The highest BCUT2D eigenvalue weighted by atomic mass is 35.5. The zero-order valence-corrected chi connectivity index (χ0v) is 17.1. The van der Waals surface area contributed by atoms with E-state index in [1.54, 1.807) is 36.3 Å². The molecule has 1 heterocycles. The Kier molecular flexibility index (Phi) is 4.72. The molecule has 2 amide bonds. The zero-order valence-electron chi connectivity index (χ0n) is 16.3. The molecule has 0 spiro atoms. The second-order valence-electron chi connectivity index (χ2n) is 8.80. The van der Waals surface area contributed by atoms with Gasteiger partial charge in [0.1, 0.15) is 0 Å². The molecule has 1 aromatic carbocycles. The van der Waals surface area contributed by atoms with Crippen molar-refractivity contribution in [1.82, 2.24) is 10.2 Å². The van der Waals surface area contributed by atoms with Crippen LogP contribution in [-0.2, 0) is 19.9 Å². The quantitative estimate of drug-likeness (QED) is 0.785. The van der Waals surface area contributed by atoms with Crippen molar-refractivity contribution in [2.24, 2.45) is 5.41 Å². The van der Waals surface area contributed by atoms with Gasteiger partial charge in [-0.3, -0.25) is 9.59 Å². The van der Waals surface area contributed by atoms with Gasteiger partial charge in [-0.25, -0.2) is 0 Å². The maximum atomic E-state index is 12.9.